The van der Waals surface area contributed by atoms with E-state index in [1.165, 1.54) is 27.6 Å². The van der Waals surface area contributed by atoms with Gasteiger partial charge < -0.3 is 4.74 Å². The number of aromatic nitrogens is 1. The lowest BCUT2D eigenvalue weighted by atomic mass is 9.95. The summed E-state index contributed by atoms with van der Waals surface area (Å²) in [5, 5.41) is 1.24. The number of hydrogen-bond acceptors (Lipinski definition) is 2. The maximum Gasteiger partial charge on any atom is 0.212 e. The molecule has 0 aliphatic carbocycles. The van der Waals surface area contributed by atoms with Gasteiger partial charge in [0.1, 0.15) is 13.6 Å². The highest BCUT2D eigenvalue weighted by atomic mass is 35.5. The Bertz CT molecular complexity index is 1130. The number of hydrogen-bond donors (Lipinski definition) is 0. The average molecular weight is 364 g/mol. The minimum atomic E-state index is -0.193. The van der Waals surface area contributed by atoms with Crippen LogP contribution < -0.4 is 10.2 Å². The molecule has 0 saturated heterocycles. The van der Waals surface area contributed by atoms with Crippen molar-refractivity contribution in [2.24, 2.45) is 0 Å². The topological polar surface area (TPSA) is 14.2 Å². The fourth-order valence-electron chi connectivity index (χ4n) is 3.57. The molecule has 0 fully saturated rings. The number of thiophene rings is 1. The highest BCUT2D eigenvalue weighted by Crippen LogP contribution is 2.45. The molecule has 1 aliphatic heterocycles. The summed E-state index contributed by atoms with van der Waals surface area (Å²) in [6, 6.07) is 19.2. The van der Waals surface area contributed by atoms with E-state index in [2.05, 4.69) is 67.9 Å². The summed E-state index contributed by atoms with van der Waals surface area (Å²) in [5.41, 5.74) is 5.97. The van der Waals surface area contributed by atoms with Crippen molar-refractivity contribution in [1.29, 1.82) is 0 Å². The van der Waals surface area contributed by atoms with Crippen LogP contribution in [0.2, 0.25) is 4.34 Å². The largest absolute Gasteiger partial charge is 0.464 e. The normalized spacial score (nSPS) is 15.7. The minimum Gasteiger partial charge on any atom is -0.464 e. The van der Waals surface area contributed by atoms with Crippen molar-refractivity contribution in [2.75, 3.05) is 0 Å². The van der Waals surface area contributed by atoms with E-state index in [0.29, 0.717) is 0 Å². The standard InChI is InChI=1S/C20H15BClNOS/c1-11-2-4-14-16-10-12-9-13(21)3-5-15(12)23(16)20(24-17(14)8-11)18-6-7-19(22)25-18/h2-10,20H,21H2,1H3. The van der Waals surface area contributed by atoms with Gasteiger partial charge >= 0.3 is 0 Å². The van der Waals surface area contributed by atoms with Crippen molar-refractivity contribution >= 4 is 47.1 Å². The van der Waals surface area contributed by atoms with Gasteiger partial charge in [-0.25, -0.2) is 0 Å². The van der Waals surface area contributed by atoms with Gasteiger partial charge in [0.2, 0.25) is 6.23 Å². The molecule has 3 heterocycles. The van der Waals surface area contributed by atoms with Crippen LogP contribution in [0.4, 0.5) is 0 Å². The Kier molecular flexibility index (Phi) is 3.28. The summed E-state index contributed by atoms with van der Waals surface area (Å²) in [4.78, 5) is 1.11. The lowest BCUT2D eigenvalue weighted by Crippen LogP contribution is -2.21. The summed E-state index contributed by atoms with van der Waals surface area (Å²) in [5.74, 6) is 0.932. The second-order valence-electron chi connectivity index (χ2n) is 6.57. The summed E-state index contributed by atoms with van der Waals surface area (Å²) < 4.78 is 9.52. The third kappa shape index (κ3) is 2.32. The van der Waals surface area contributed by atoms with Crippen LogP contribution in [-0.4, -0.2) is 12.4 Å². The molecular formula is C20H15BClNOS. The first-order valence-corrected chi connectivity index (χ1v) is 9.44. The van der Waals surface area contributed by atoms with Crippen molar-refractivity contribution in [1.82, 2.24) is 4.57 Å². The zero-order valence-corrected chi connectivity index (χ0v) is 15.5. The van der Waals surface area contributed by atoms with Crippen LogP contribution >= 0.6 is 22.9 Å². The number of ether oxygens (including phenoxy) is 1. The molecule has 0 N–H and O–H groups in total. The third-order valence-corrected chi connectivity index (χ3v) is 5.98. The van der Waals surface area contributed by atoms with E-state index in [1.54, 1.807) is 11.3 Å². The van der Waals surface area contributed by atoms with E-state index >= 15 is 0 Å². The molecule has 25 heavy (non-hydrogen) atoms. The maximum atomic E-state index is 6.45. The van der Waals surface area contributed by atoms with E-state index < -0.39 is 0 Å². The fraction of sp³-hybridized carbons (Fsp3) is 0.100. The predicted octanol–water partition coefficient (Wildman–Crippen LogP) is 4.53. The zero-order chi connectivity index (χ0) is 17.1. The van der Waals surface area contributed by atoms with Gasteiger partial charge in [-0.3, -0.25) is 4.57 Å². The van der Waals surface area contributed by atoms with Crippen LogP contribution in [0.5, 0.6) is 5.75 Å². The van der Waals surface area contributed by atoms with E-state index in [0.717, 1.165) is 20.5 Å². The lowest BCUT2D eigenvalue weighted by Gasteiger charge is -2.29. The Hall–Kier alpha value is -2.17. The molecule has 1 unspecified atom stereocenters. The van der Waals surface area contributed by atoms with Crippen LogP contribution in [0.15, 0.2) is 54.6 Å². The van der Waals surface area contributed by atoms with Crippen molar-refractivity contribution < 1.29 is 4.74 Å². The molecule has 2 aromatic carbocycles. The van der Waals surface area contributed by atoms with Crippen LogP contribution in [0.1, 0.15) is 16.7 Å². The molecule has 2 aromatic heterocycles. The van der Waals surface area contributed by atoms with Crippen LogP contribution in [0.3, 0.4) is 0 Å². The zero-order valence-electron chi connectivity index (χ0n) is 13.9. The Morgan fingerprint density at radius 1 is 1.08 bits per heavy atom. The SMILES string of the molecule is Bc1ccc2c(c1)cc1n2C(c2ccc(Cl)s2)Oc2cc(C)ccc2-1. The fourth-order valence-corrected chi connectivity index (χ4v) is 4.66. The molecule has 122 valence electrons. The monoisotopic (exact) mass is 363 g/mol. The van der Waals surface area contributed by atoms with Crippen LogP contribution in [-0.2, 0) is 0 Å². The molecule has 0 radical (unpaired) electrons. The lowest BCUT2D eigenvalue weighted by molar-refractivity contribution is 0.177. The van der Waals surface area contributed by atoms with Crippen molar-refractivity contribution in [2.45, 2.75) is 13.2 Å². The highest BCUT2D eigenvalue weighted by molar-refractivity contribution is 7.16. The number of aryl methyl sites for hydroxylation is 1. The number of halogens is 1. The van der Waals surface area contributed by atoms with Crippen LogP contribution in [0.25, 0.3) is 22.2 Å². The summed E-state index contributed by atoms with van der Waals surface area (Å²) in [6.45, 7) is 2.09. The van der Waals surface area contributed by atoms with Gasteiger partial charge in [0, 0.05) is 5.56 Å². The quantitative estimate of drug-likeness (QED) is 0.453. The Labute approximate surface area is 156 Å². The number of benzene rings is 2. The van der Waals surface area contributed by atoms with Crippen LogP contribution in [0, 0.1) is 6.92 Å². The average Bonchev–Trinajstić information content (AvgIpc) is 3.17. The van der Waals surface area contributed by atoms with Gasteiger partial charge in [-0.1, -0.05) is 35.3 Å². The molecule has 0 amide bonds. The number of nitrogens with zero attached hydrogens (tertiary/aromatic N) is 1. The molecular weight excluding hydrogens is 349 g/mol. The second kappa shape index (κ2) is 5.42. The summed E-state index contributed by atoms with van der Waals surface area (Å²) >= 11 is 7.77. The molecule has 1 atom stereocenters. The van der Waals surface area contributed by atoms with Gasteiger partial charge in [-0.05, 0) is 54.3 Å². The van der Waals surface area contributed by atoms with Gasteiger partial charge in [-0.15, -0.1) is 11.3 Å². The highest BCUT2D eigenvalue weighted by Gasteiger charge is 2.29. The van der Waals surface area contributed by atoms with Crippen molar-refractivity contribution in [3.8, 4) is 17.0 Å². The van der Waals surface area contributed by atoms with Gasteiger partial charge in [0.05, 0.1) is 20.4 Å². The van der Waals surface area contributed by atoms with Crippen molar-refractivity contribution in [3.63, 3.8) is 0 Å². The van der Waals surface area contributed by atoms with Gasteiger partial charge in [0.25, 0.3) is 0 Å². The van der Waals surface area contributed by atoms with E-state index in [-0.39, 0.29) is 6.23 Å². The maximum absolute atomic E-state index is 6.45. The molecule has 0 bridgehead atoms. The Morgan fingerprint density at radius 3 is 2.76 bits per heavy atom. The molecule has 0 spiro atoms. The first-order chi connectivity index (χ1) is 12.1. The van der Waals surface area contributed by atoms with Gasteiger partial charge in [-0.2, -0.15) is 0 Å². The second-order valence-corrected chi connectivity index (χ2v) is 8.32. The predicted molar refractivity (Wildman–Crippen MR) is 108 cm³/mol. The van der Waals surface area contributed by atoms with E-state index in [4.69, 9.17) is 16.3 Å². The molecule has 4 aromatic rings. The molecule has 5 heteroatoms. The first-order valence-electron chi connectivity index (χ1n) is 8.25. The Morgan fingerprint density at radius 2 is 1.96 bits per heavy atom. The van der Waals surface area contributed by atoms with Crippen molar-refractivity contribution in [3.05, 3.63) is 69.4 Å². The molecule has 5 rings (SSSR count). The first kappa shape index (κ1) is 15.1. The minimum absolute atomic E-state index is 0.193. The molecule has 1 aliphatic rings. The smallest absolute Gasteiger partial charge is 0.212 e. The third-order valence-electron chi connectivity index (χ3n) is 4.72. The van der Waals surface area contributed by atoms with E-state index in [9.17, 15) is 0 Å². The number of fused-ring (bicyclic) bond motifs is 5. The van der Waals surface area contributed by atoms with Gasteiger partial charge in [0.15, 0.2) is 0 Å². The molecule has 2 nitrogen and oxygen atoms in total. The summed E-state index contributed by atoms with van der Waals surface area (Å²) in [7, 11) is 2.13. The molecule has 0 saturated carbocycles. The van der Waals surface area contributed by atoms with E-state index in [1.807, 2.05) is 6.07 Å². The number of rotatable bonds is 1. The summed E-state index contributed by atoms with van der Waals surface area (Å²) in [6.07, 6.45) is -0.193. The Balaban J connectivity index is 1.83.